The van der Waals surface area contributed by atoms with E-state index in [0.29, 0.717) is 6.54 Å². The van der Waals surface area contributed by atoms with Gasteiger partial charge in [-0.1, -0.05) is 23.7 Å². The molecule has 180 valence electrons. The van der Waals surface area contributed by atoms with Crippen LogP contribution in [0.1, 0.15) is 51.5 Å². The summed E-state index contributed by atoms with van der Waals surface area (Å²) in [5, 5.41) is 4.35. The molecule has 0 radical (unpaired) electrons. The summed E-state index contributed by atoms with van der Waals surface area (Å²) in [6, 6.07) is 8.17. The zero-order valence-electron chi connectivity index (χ0n) is 19.7. The Morgan fingerprint density at radius 3 is 2.74 bits per heavy atom. The van der Waals surface area contributed by atoms with Crippen molar-refractivity contribution in [3.63, 3.8) is 0 Å². The number of carbonyl (C=O) groups is 1. The van der Waals surface area contributed by atoms with Crippen LogP contribution in [0.5, 0.6) is 0 Å². The number of allylic oxidation sites excluding steroid dienone is 8. The summed E-state index contributed by atoms with van der Waals surface area (Å²) in [5.74, 6) is 0.107. The second-order valence-electron chi connectivity index (χ2n) is 9.50. The molecule has 7 heteroatoms. The van der Waals surface area contributed by atoms with Crippen molar-refractivity contribution in [1.82, 2.24) is 20.1 Å². The quantitative estimate of drug-likeness (QED) is 0.599. The van der Waals surface area contributed by atoms with Gasteiger partial charge in [0, 0.05) is 60.1 Å². The van der Waals surface area contributed by atoms with Crippen LogP contribution in [0.3, 0.4) is 0 Å². The zero-order valence-corrected chi connectivity index (χ0v) is 21.3. The van der Waals surface area contributed by atoms with Crippen LogP contribution in [0.4, 0.5) is 0 Å². The van der Waals surface area contributed by atoms with Crippen molar-refractivity contribution in [2.75, 3.05) is 26.2 Å². The van der Waals surface area contributed by atoms with Gasteiger partial charge in [0.2, 0.25) is 0 Å². The number of hydrogen-bond acceptors (Lipinski definition) is 5. The van der Waals surface area contributed by atoms with Gasteiger partial charge in [0.05, 0.1) is 17.1 Å². The van der Waals surface area contributed by atoms with Crippen LogP contribution >= 0.6 is 22.9 Å². The van der Waals surface area contributed by atoms with Crippen LogP contribution in [-0.4, -0.2) is 46.9 Å². The van der Waals surface area contributed by atoms with Crippen molar-refractivity contribution in [1.29, 1.82) is 0 Å². The van der Waals surface area contributed by atoms with E-state index in [1.54, 1.807) is 17.5 Å². The minimum absolute atomic E-state index is 0.107. The third-order valence-corrected chi connectivity index (χ3v) is 8.82. The topological polar surface area (TPSA) is 48.5 Å². The first-order valence-electron chi connectivity index (χ1n) is 12.4. The van der Waals surface area contributed by atoms with Gasteiger partial charge in [-0.05, 0) is 72.7 Å². The predicted octanol–water partition coefficient (Wildman–Crippen LogP) is 5.48. The number of fused-ring (bicyclic) bond motifs is 1. The molecule has 35 heavy (non-hydrogen) atoms. The third kappa shape index (κ3) is 4.63. The molecule has 5 nitrogen and oxygen atoms in total. The predicted molar refractivity (Wildman–Crippen MR) is 142 cm³/mol. The lowest BCUT2D eigenvalue weighted by atomic mass is 9.94. The van der Waals surface area contributed by atoms with Crippen LogP contribution < -0.4 is 5.32 Å². The molecule has 0 aromatic carbocycles. The summed E-state index contributed by atoms with van der Waals surface area (Å²) in [7, 11) is 0. The molecule has 0 unspecified atom stereocenters. The Hall–Kier alpha value is -2.67. The molecule has 2 aliphatic carbocycles. The van der Waals surface area contributed by atoms with E-state index in [9.17, 15) is 4.79 Å². The smallest absolute Gasteiger partial charge is 0.268 e. The van der Waals surface area contributed by atoms with Gasteiger partial charge in [-0.25, -0.2) is 0 Å². The summed E-state index contributed by atoms with van der Waals surface area (Å²) in [4.78, 5) is 25.1. The van der Waals surface area contributed by atoms with Gasteiger partial charge in [0.15, 0.2) is 0 Å². The van der Waals surface area contributed by atoms with Crippen molar-refractivity contribution >= 4 is 34.4 Å². The average Bonchev–Trinajstić information content (AvgIpc) is 3.28. The first-order chi connectivity index (χ1) is 17.2. The maximum Gasteiger partial charge on any atom is 0.268 e. The SMILES string of the molecule is O=C1c2sc(C3=CC=C(Cl)CC3)cc2CC2=C(CCC(N3CCNCC3)=C2)N1Cc1ccccn1. The molecule has 1 fully saturated rings. The van der Waals surface area contributed by atoms with Crippen molar-refractivity contribution in [3.8, 4) is 0 Å². The number of pyridine rings is 1. The molecular formula is C28H29ClN4OS. The molecule has 4 aliphatic rings. The van der Waals surface area contributed by atoms with E-state index in [2.05, 4.69) is 33.4 Å². The Bertz CT molecular complexity index is 1270. The number of rotatable bonds is 4. The van der Waals surface area contributed by atoms with Crippen molar-refractivity contribution in [3.05, 3.63) is 91.7 Å². The van der Waals surface area contributed by atoms with Crippen LogP contribution in [0.15, 0.2) is 70.7 Å². The molecule has 0 atom stereocenters. The second-order valence-corrected chi connectivity index (χ2v) is 11.0. The highest BCUT2D eigenvalue weighted by Gasteiger charge is 2.33. The van der Waals surface area contributed by atoms with Crippen LogP contribution in [0, 0.1) is 0 Å². The van der Waals surface area contributed by atoms with Crippen LogP contribution in [-0.2, 0) is 13.0 Å². The number of hydrogen-bond donors (Lipinski definition) is 1. The van der Waals surface area contributed by atoms with Crippen molar-refractivity contribution < 1.29 is 4.79 Å². The number of piperazine rings is 1. The Morgan fingerprint density at radius 1 is 1.09 bits per heavy atom. The number of halogens is 1. The maximum atomic E-state index is 14.0. The Balaban J connectivity index is 1.40. The summed E-state index contributed by atoms with van der Waals surface area (Å²) in [6.07, 6.45) is 12.7. The molecular weight excluding hydrogens is 476 g/mol. The average molecular weight is 505 g/mol. The fraction of sp³-hybridized carbons (Fsp3) is 0.357. The highest BCUT2D eigenvalue weighted by atomic mass is 35.5. The lowest BCUT2D eigenvalue weighted by molar-refractivity contribution is 0.0793. The second kappa shape index (κ2) is 9.76. The minimum Gasteiger partial charge on any atom is -0.372 e. The molecule has 2 aromatic heterocycles. The number of amides is 1. The molecule has 2 aromatic rings. The van der Waals surface area contributed by atoms with Crippen molar-refractivity contribution in [2.45, 2.75) is 38.6 Å². The number of thiophene rings is 1. The van der Waals surface area contributed by atoms with Gasteiger partial charge in [0.25, 0.3) is 5.91 Å². The molecule has 4 heterocycles. The monoisotopic (exact) mass is 504 g/mol. The number of nitrogens with zero attached hydrogens (tertiary/aromatic N) is 3. The van der Waals surface area contributed by atoms with E-state index in [0.717, 1.165) is 85.1 Å². The summed E-state index contributed by atoms with van der Waals surface area (Å²) >= 11 is 7.83. The molecule has 1 amide bonds. The van der Waals surface area contributed by atoms with Crippen molar-refractivity contribution in [2.24, 2.45) is 0 Å². The van der Waals surface area contributed by atoms with Crippen LogP contribution in [0.2, 0.25) is 0 Å². The Labute approximate surface area is 215 Å². The molecule has 0 saturated carbocycles. The third-order valence-electron chi connectivity index (χ3n) is 7.27. The first-order valence-corrected chi connectivity index (χ1v) is 13.6. The van der Waals surface area contributed by atoms with Gasteiger partial charge in [0.1, 0.15) is 0 Å². The van der Waals surface area contributed by atoms with E-state index in [1.807, 2.05) is 29.2 Å². The maximum absolute atomic E-state index is 14.0. The van der Waals surface area contributed by atoms with E-state index in [-0.39, 0.29) is 5.91 Å². The molecule has 0 bridgehead atoms. The fourth-order valence-electron chi connectivity index (χ4n) is 5.41. The molecule has 6 rings (SSSR count). The van der Waals surface area contributed by atoms with E-state index in [1.165, 1.54) is 21.7 Å². The molecule has 1 N–H and O–H groups in total. The normalized spacial score (nSPS) is 20.6. The lowest BCUT2D eigenvalue weighted by Gasteiger charge is -2.35. The Morgan fingerprint density at radius 2 is 1.97 bits per heavy atom. The van der Waals surface area contributed by atoms with Gasteiger partial charge < -0.3 is 15.1 Å². The lowest BCUT2D eigenvalue weighted by Crippen LogP contribution is -2.43. The van der Waals surface area contributed by atoms with Gasteiger partial charge in [-0.15, -0.1) is 11.3 Å². The fourth-order valence-corrected chi connectivity index (χ4v) is 6.75. The highest BCUT2D eigenvalue weighted by molar-refractivity contribution is 7.15. The highest BCUT2D eigenvalue weighted by Crippen LogP contribution is 2.41. The number of nitrogens with one attached hydrogen (secondary N) is 1. The molecule has 1 saturated heterocycles. The standard InChI is InChI=1S/C28H29ClN4OS/c29-22-6-4-19(5-7-22)26-17-21-15-20-16-24(32-13-11-30-12-14-32)8-9-25(20)33(28(34)27(21)35-26)18-23-3-1-2-10-31-23/h1-4,6,10,16-17,30H,5,7-9,11-15,18H2. The van der Waals surface area contributed by atoms with Crippen LogP contribution in [0.25, 0.3) is 5.57 Å². The number of carbonyl (C=O) groups excluding carboxylic acids is 1. The van der Waals surface area contributed by atoms with Gasteiger partial charge in [-0.2, -0.15) is 0 Å². The van der Waals surface area contributed by atoms with E-state index >= 15 is 0 Å². The summed E-state index contributed by atoms with van der Waals surface area (Å²) in [5.41, 5.74) is 7.18. The zero-order chi connectivity index (χ0) is 23.8. The summed E-state index contributed by atoms with van der Waals surface area (Å²) < 4.78 is 0. The minimum atomic E-state index is 0.107. The molecule has 0 spiro atoms. The largest absolute Gasteiger partial charge is 0.372 e. The summed E-state index contributed by atoms with van der Waals surface area (Å²) in [6.45, 7) is 4.65. The number of aromatic nitrogens is 1. The van der Waals surface area contributed by atoms with E-state index in [4.69, 9.17) is 11.6 Å². The first kappa shape index (κ1) is 22.8. The van der Waals surface area contributed by atoms with Gasteiger partial charge in [-0.3, -0.25) is 9.78 Å². The Kier molecular flexibility index (Phi) is 6.35. The molecule has 2 aliphatic heterocycles. The van der Waals surface area contributed by atoms with E-state index < -0.39 is 0 Å². The van der Waals surface area contributed by atoms with Gasteiger partial charge >= 0.3 is 0 Å².